The lowest BCUT2D eigenvalue weighted by molar-refractivity contribution is 0.0937. The second-order valence-corrected chi connectivity index (χ2v) is 6.52. The van der Waals surface area contributed by atoms with Crippen LogP contribution in [0, 0.1) is 0 Å². The van der Waals surface area contributed by atoms with Gasteiger partial charge >= 0.3 is 0 Å². The number of nitrogens with two attached hydrogens (primary N) is 1. The molecule has 1 aliphatic carbocycles. The Morgan fingerprint density at radius 1 is 1.35 bits per heavy atom. The van der Waals surface area contributed by atoms with Crippen molar-refractivity contribution >= 4 is 45.8 Å². The molecule has 0 aromatic heterocycles. The molecule has 3 N–H and O–H groups in total. The van der Waals surface area contributed by atoms with E-state index in [4.69, 9.17) is 17.3 Å². The molecule has 0 aliphatic heterocycles. The summed E-state index contributed by atoms with van der Waals surface area (Å²) in [7, 11) is 0. The Morgan fingerprint density at radius 2 is 2.00 bits per heavy atom. The molecule has 1 aliphatic rings. The molecule has 1 fully saturated rings. The zero-order valence-corrected chi connectivity index (χ0v) is 14.3. The maximum absolute atomic E-state index is 12.1. The van der Waals surface area contributed by atoms with Gasteiger partial charge in [-0.2, -0.15) is 0 Å². The highest BCUT2D eigenvalue weighted by atomic mass is 79.9. The SMILES string of the molecule is Cl.NC1(CNC(=O)c2cc(Cl)ccc2Br)CCCCC1. The Kier molecular flexibility index (Phi) is 6.79. The number of carbonyl (C=O) groups is 1. The van der Waals surface area contributed by atoms with E-state index in [2.05, 4.69) is 21.2 Å². The molecule has 0 heterocycles. The summed E-state index contributed by atoms with van der Waals surface area (Å²) in [6.45, 7) is 0.519. The molecule has 0 saturated heterocycles. The smallest absolute Gasteiger partial charge is 0.252 e. The highest BCUT2D eigenvalue weighted by Crippen LogP contribution is 2.26. The predicted molar refractivity (Wildman–Crippen MR) is 88.7 cm³/mol. The van der Waals surface area contributed by atoms with Crippen LogP contribution in [-0.4, -0.2) is 18.0 Å². The van der Waals surface area contributed by atoms with Crippen molar-refractivity contribution in [1.82, 2.24) is 5.32 Å². The molecule has 0 atom stereocenters. The third-order valence-electron chi connectivity index (χ3n) is 3.62. The summed E-state index contributed by atoms with van der Waals surface area (Å²) in [5.41, 5.74) is 6.60. The van der Waals surface area contributed by atoms with Crippen LogP contribution in [0.2, 0.25) is 5.02 Å². The van der Waals surface area contributed by atoms with Gasteiger partial charge in [-0.3, -0.25) is 4.79 Å². The minimum absolute atomic E-state index is 0. The van der Waals surface area contributed by atoms with E-state index in [9.17, 15) is 4.79 Å². The zero-order chi connectivity index (χ0) is 13.9. The van der Waals surface area contributed by atoms with E-state index in [1.165, 1.54) is 6.42 Å². The monoisotopic (exact) mass is 380 g/mol. The van der Waals surface area contributed by atoms with Crippen LogP contribution in [0.15, 0.2) is 22.7 Å². The molecule has 0 radical (unpaired) electrons. The molecule has 0 spiro atoms. The minimum Gasteiger partial charge on any atom is -0.350 e. The van der Waals surface area contributed by atoms with E-state index < -0.39 is 0 Å². The lowest BCUT2D eigenvalue weighted by Gasteiger charge is -2.33. The first-order chi connectivity index (χ1) is 9.00. The van der Waals surface area contributed by atoms with Crippen molar-refractivity contribution in [2.45, 2.75) is 37.6 Å². The molecule has 1 aromatic carbocycles. The van der Waals surface area contributed by atoms with Crippen LogP contribution in [0.25, 0.3) is 0 Å². The second kappa shape index (κ2) is 7.64. The average Bonchev–Trinajstić information content (AvgIpc) is 2.40. The Morgan fingerprint density at radius 3 is 2.65 bits per heavy atom. The third kappa shape index (κ3) is 4.62. The maximum Gasteiger partial charge on any atom is 0.252 e. The second-order valence-electron chi connectivity index (χ2n) is 5.23. The first-order valence-electron chi connectivity index (χ1n) is 6.52. The molecular weight excluding hydrogens is 363 g/mol. The van der Waals surface area contributed by atoms with Gasteiger partial charge in [-0.1, -0.05) is 30.9 Å². The number of hydrogen-bond acceptors (Lipinski definition) is 2. The van der Waals surface area contributed by atoms with Gasteiger partial charge in [0.1, 0.15) is 0 Å². The topological polar surface area (TPSA) is 55.1 Å². The Labute approximate surface area is 139 Å². The van der Waals surface area contributed by atoms with Crippen LogP contribution in [0.1, 0.15) is 42.5 Å². The Hall–Kier alpha value is -0.290. The Balaban J connectivity index is 0.00000200. The van der Waals surface area contributed by atoms with Crippen molar-refractivity contribution in [3.8, 4) is 0 Å². The average molecular weight is 382 g/mol. The zero-order valence-electron chi connectivity index (χ0n) is 11.1. The standard InChI is InChI=1S/C14H18BrClN2O.ClH/c15-12-5-4-10(16)8-11(12)13(19)18-9-14(17)6-2-1-3-7-14;/h4-5,8H,1-3,6-7,9,17H2,(H,18,19);1H. The summed E-state index contributed by atoms with van der Waals surface area (Å²) >= 11 is 9.27. The summed E-state index contributed by atoms with van der Waals surface area (Å²) in [6.07, 6.45) is 5.49. The van der Waals surface area contributed by atoms with Gasteiger partial charge in [0.15, 0.2) is 0 Å². The van der Waals surface area contributed by atoms with Crippen molar-refractivity contribution < 1.29 is 4.79 Å². The predicted octanol–water partition coefficient (Wildman–Crippen LogP) is 3.92. The van der Waals surface area contributed by atoms with E-state index in [1.807, 2.05) is 0 Å². The van der Waals surface area contributed by atoms with Gasteiger partial charge in [0.25, 0.3) is 5.91 Å². The third-order valence-corrected chi connectivity index (χ3v) is 4.55. The summed E-state index contributed by atoms with van der Waals surface area (Å²) in [6, 6.07) is 5.18. The van der Waals surface area contributed by atoms with E-state index in [0.717, 1.165) is 30.2 Å². The number of hydrogen-bond donors (Lipinski definition) is 2. The van der Waals surface area contributed by atoms with E-state index in [0.29, 0.717) is 17.1 Å². The van der Waals surface area contributed by atoms with Gasteiger partial charge < -0.3 is 11.1 Å². The fraction of sp³-hybridized carbons (Fsp3) is 0.500. The summed E-state index contributed by atoms with van der Waals surface area (Å²) < 4.78 is 0.740. The number of halogens is 3. The van der Waals surface area contributed by atoms with Crippen LogP contribution in [0.4, 0.5) is 0 Å². The first kappa shape index (κ1) is 17.8. The summed E-state index contributed by atoms with van der Waals surface area (Å²) in [5, 5.41) is 3.47. The van der Waals surface area contributed by atoms with Crippen LogP contribution in [-0.2, 0) is 0 Å². The fourth-order valence-electron chi connectivity index (χ4n) is 2.46. The molecule has 1 amide bonds. The largest absolute Gasteiger partial charge is 0.350 e. The van der Waals surface area contributed by atoms with Crippen molar-refractivity contribution in [3.05, 3.63) is 33.3 Å². The lowest BCUT2D eigenvalue weighted by Crippen LogP contribution is -2.51. The quantitative estimate of drug-likeness (QED) is 0.833. The van der Waals surface area contributed by atoms with Crippen LogP contribution in [0.5, 0.6) is 0 Å². The Bertz CT molecular complexity index is 476. The fourth-order valence-corrected chi connectivity index (χ4v) is 3.05. The molecular formula is C14H19BrCl2N2O. The molecule has 1 aromatic rings. The van der Waals surface area contributed by atoms with Crippen LogP contribution in [0.3, 0.4) is 0 Å². The molecule has 0 unspecified atom stereocenters. The lowest BCUT2D eigenvalue weighted by atomic mass is 9.82. The van der Waals surface area contributed by atoms with Gasteiger partial charge in [0.05, 0.1) is 5.56 Å². The van der Waals surface area contributed by atoms with Crippen molar-refractivity contribution in [3.63, 3.8) is 0 Å². The first-order valence-corrected chi connectivity index (χ1v) is 7.69. The summed E-state index contributed by atoms with van der Waals surface area (Å²) in [4.78, 5) is 12.1. The number of rotatable bonds is 3. The van der Waals surface area contributed by atoms with E-state index >= 15 is 0 Å². The number of benzene rings is 1. The molecule has 1 saturated carbocycles. The molecule has 112 valence electrons. The minimum atomic E-state index is -0.251. The normalized spacial score (nSPS) is 17.1. The van der Waals surface area contributed by atoms with Gasteiger partial charge in [0, 0.05) is 21.6 Å². The van der Waals surface area contributed by atoms with Crippen LogP contribution < -0.4 is 11.1 Å². The van der Waals surface area contributed by atoms with Gasteiger partial charge in [0.2, 0.25) is 0 Å². The van der Waals surface area contributed by atoms with Gasteiger partial charge in [-0.25, -0.2) is 0 Å². The molecule has 20 heavy (non-hydrogen) atoms. The molecule has 3 nitrogen and oxygen atoms in total. The number of carbonyl (C=O) groups excluding carboxylic acids is 1. The molecule has 0 bridgehead atoms. The van der Waals surface area contributed by atoms with Crippen molar-refractivity contribution in [2.24, 2.45) is 5.73 Å². The molecule has 2 rings (SSSR count). The highest BCUT2D eigenvalue weighted by molar-refractivity contribution is 9.10. The summed E-state index contributed by atoms with van der Waals surface area (Å²) in [5.74, 6) is -0.134. The van der Waals surface area contributed by atoms with Gasteiger partial charge in [-0.15, -0.1) is 12.4 Å². The van der Waals surface area contributed by atoms with Crippen molar-refractivity contribution in [1.29, 1.82) is 0 Å². The molecule has 6 heteroatoms. The highest BCUT2D eigenvalue weighted by Gasteiger charge is 2.28. The number of amides is 1. The van der Waals surface area contributed by atoms with Crippen molar-refractivity contribution in [2.75, 3.05) is 6.54 Å². The van der Waals surface area contributed by atoms with E-state index in [-0.39, 0.29) is 23.9 Å². The number of nitrogens with one attached hydrogen (secondary N) is 1. The van der Waals surface area contributed by atoms with Crippen LogP contribution >= 0.6 is 39.9 Å². The van der Waals surface area contributed by atoms with E-state index in [1.54, 1.807) is 18.2 Å². The van der Waals surface area contributed by atoms with Gasteiger partial charge in [-0.05, 0) is 47.0 Å². The maximum atomic E-state index is 12.1.